The Labute approximate surface area is 99.0 Å². The summed E-state index contributed by atoms with van der Waals surface area (Å²) in [6, 6.07) is 4.11. The van der Waals surface area contributed by atoms with E-state index in [0.717, 1.165) is 6.07 Å². The number of hydrogen-bond acceptors (Lipinski definition) is 2. The van der Waals surface area contributed by atoms with Crippen LogP contribution in [0.3, 0.4) is 0 Å². The van der Waals surface area contributed by atoms with E-state index >= 15 is 0 Å². The summed E-state index contributed by atoms with van der Waals surface area (Å²) in [7, 11) is 1.66. The molecule has 3 nitrogen and oxygen atoms in total. The van der Waals surface area contributed by atoms with Crippen LogP contribution in [-0.4, -0.2) is 18.5 Å². The van der Waals surface area contributed by atoms with Gasteiger partial charge >= 0.3 is 0 Å². The average Bonchev–Trinajstić information content (AvgIpc) is 2.22. The SMILES string of the molecule is CNC(C)(C)C(=O)Nc1ccc(Cl)cc1F. The second kappa shape index (κ2) is 4.80. The van der Waals surface area contributed by atoms with Crippen molar-refractivity contribution in [3.63, 3.8) is 0 Å². The molecular formula is C11H14ClFN2O. The zero-order valence-electron chi connectivity index (χ0n) is 9.40. The molecule has 0 saturated carbocycles. The quantitative estimate of drug-likeness (QED) is 0.857. The van der Waals surface area contributed by atoms with Gasteiger partial charge in [-0.2, -0.15) is 0 Å². The molecule has 0 aromatic heterocycles. The molecule has 16 heavy (non-hydrogen) atoms. The lowest BCUT2D eigenvalue weighted by Crippen LogP contribution is -2.48. The van der Waals surface area contributed by atoms with Crippen LogP contribution < -0.4 is 10.6 Å². The zero-order chi connectivity index (χ0) is 12.3. The zero-order valence-corrected chi connectivity index (χ0v) is 10.2. The van der Waals surface area contributed by atoms with Crippen LogP contribution in [0.15, 0.2) is 18.2 Å². The molecule has 0 atom stereocenters. The van der Waals surface area contributed by atoms with E-state index in [1.165, 1.54) is 12.1 Å². The predicted octanol–water partition coefficient (Wildman–Crippen LogP) is 2.42. The first-order chi connectivity index (χ1) is 7.36. The smallest absolute Gasteiger partial charge is 0.244 e. The maximum Gasteiger partial charge on any atom is 0.244 e. The summed E-state index contributed by atoms with van der Waals surface area (Å²) < 4.78 is 13.4. The van der Waals surface area contributed by atoms with Crippen molar-refractivity contribution in [2.45, 2.75) is 19.4 Å². The minimum absolute atomic E-state index is 0.123. The third kappa shape index (κ3) is 2.93. The summed E-state index contributed by atoms with van der Waals surface area (Å²) in [5, 5.41) is 5.62. The number of carbonyl (C=O) groups excluding carboxylic acids is 1. The minimum atomic E-state index is -0.758. The number of rotatable bonds is 3. The fraction of sp³-hybridized carbons (Fsp3) is 0.364. The standard InChI is InChI=1S/C11H14ClFN2O/c1-11(2,14-3)10(16)15-9-5-4-7(12)6-8(9)13/h4-6,14H,1-3H3,(H,15,16). The lowest BCUT2D eigenvalue weighted by molar-refractivity contribution is -0.121. The van der Waals surface area contributed by atoms with Gasteiger partial charge in [-0.15, -0.1) is 0 Å². The predicted molar refractivity (Wildman–Crippen MR) is 63.2 cm³/mol. The maximum absolute atomic E-state index is 13.4. The topological polar surface area (TPSA) is 41.1 Å². The molecule has 1 rings (SSSR count). The van der Waals surface area contributed by atoms with Gasteiger partial charge in [0.25, 0.3) is 0 Å². The molecule has 0 aliphatic heterocycles. The van der Waals surface area contributed by atoms with Crippen LogP contribution in [0, 0.1) is 5.82 Å². The highest BCUT2D eigenvalue weighted by Gasteiger charge is 2.25. The monoisotopic (exact) mass is 244 g/mol. The van der Waals surface area contributed by atoms with Gasteiger partial charge in [-0.1, -0.05) is 11.6 Å². The Bertz CT molecular complexity index is 407. The van der Waals surface area contributed by atoms with Crippen molar-refractivity contribution in [3.8, 4) is 0 Å². The summed E-state index contributed by atoms with van der Waals surface area (Å²) >= 11 is 5.61. The van der Waals surface area contributed by atoms with Gasteiger partial charge in [0.15, 0.2) is 0 Å². The minimum Gasteiger partial charge on any atom is -0.322 e. The molecule has 0 aliphatic carbocycles. The Kier molecular flexibility index (Phi) is 3.88. The van der Waals surface area contributed by atoms with E-state index in [1.807, 2.05) is 0 Å². The van der Waals surface area contributed by atoms with Crippen LogP contribution in [0.1, 0.15) is 13.8 Å². The summed E-state index contributed by atoms with van der Waals surface area (Å²) in [4.78, 5) is 11.7. The molecule has 0 radical (unpaired) electrons. The molecule has 88 valence electrons. The van der Waals surface area contributed by atoms with Crippen LogP contribution >= 0.6 is 11.6 Å². The molecule has 2 N–H and O–H groups in total. The average molecular weight is 245 g/mol. The molecule has 5 heteroatoms. The first kappa shape index (κ1) is 12.9. The number of anilines is 1. The van der Waals surface area contributed by atoms with Crippen molar-refractivity contribution in [3.05, 3.63) is 29.0 Å². The van der Waals surface area contributed by atoms with Gasteiger partial charge in [0.1, 0.15) is 5.82 Å². The molecule has 1 aromatic carbocycles. The third-order valence-corrected chi connectivity index (χ3v) is 2.61. The number of hydrogen-bond donors (Lipinski definition) is 2. The number of carbonyl (C=O) groups is 1. The van der Waals surface area contributed by atoms with Crippen LogP contribution in [-0.2, 0) is 4.79 Å². The molecule has 0 fully saturated rings. The van der Waals surface area contributed by atoms with Crippen molar-refractivity contribution < 1.29 is 9.18 Å². The van der Waals surface area contributed by atoms with E-state index in [4.69, 9.17) is 11.6 Å². The Hall–Kier alpha value is -1.13. The molecule has 0 aliphatic rings. The summed E-state index contributed by atoms with van der Waals surface area (Å²) in [6.45, 7) is 3.41. The maximum atomic E-state index is 13.4. The van der Waals surface area contributed by atoms with Gasteiger partial charge in [0.2, 0.25) is 5.91 Å². The van der Waals surface area contributed by atoms with Crippen molar-refractivity contribution in [1.82, 2.24) is 5.32 Å². The molecule has 0 unspecified atom stereocenters. The van der Waals surface area contributed by atoms with E-state index < -0.39 is 11.4 Å². The molecule has 0 saturated heterocycles. The molecule has 0 heterocycles. The Morgan fingerprint density at radius 3 is 2.56 bits per heavy atom. The summed E-state index contributed by atoms with van der Waals surface area (Å²) in [5.41, 5.74) is -0.635. The van der Waals surface area contributed by atoms with Gasteiger partial charge in [-0.05, 0) is 39.1 Å². The lowest BCUT2D eigenvalue weighted by atomic mass is 10.1. The van der Waals surface area contributed by atoms with Crippen LogP contribution in [0.4, 0.5) is 10.1 Å². The van der Waals surface area contributed by atoms with Crippen molar-refractivity contribution >= 4 is 23.2 Å². The highest BCUT2D eigenvalue weighted by molar-refractivity contribution is 6.30. The second-order valence-electron chi connectivity index (χ2n) is 3.95. The van der Waals surface area contributed by atoms with E-state index in [1.54, 1.807) is 20.9 Å². The molecule has 1 aromatic rings. The van der Waals surface area contributed by atoms with Gasteiger partial charge in [-0.3, -0.25) is 4.79 Å². The van der Waals surface area contributed by atoms with E-state index in [9.17, 15) is 9.18 Å². The van der Waals surface area contributed by atoms with Gasteiger partial charge in [-0.25, -0.2) is 4.39 Å². The Balaban J connectivity index is 2.85. The third-order valence-electron chi connectivity index (χ3n) is 2.37. The molecular weight excluding hydrogens is 231 g/mol. The van der Waals surface area contributed by atoms with E-state index in [0.29, 0.717) is 5.02 Å². The first-order valence-electron chi connectivity index (χ1n) is 4.82. The largest absolute Gasteiger partial charge is 0.322 e. The molecule has 1 amide bonds. The number of likely N-dealkylation sites (N-methyl/N-ethyl adjacent to an activating group) is 1. The highest BCUT2D eigenvalue weighted by Crippen LogP contribution is 2.19. The van der Waals surface area contributed by atoms with Crippen LogP contribution in [0.25, 0.3) is 0 Å². The van der Waals surface area contributed by atoms with Crippen LogP contribution in [0.2, 0.25) is 5.02 Å². The van der Waals surface area contributed by atoms with Crippen molar-refractivity contribution in [2.24, 2.45) is 0 Å². The van der Waals surface area contributed by atoms with Crippen molar-refractivity contribution in [2.75, 3.05) is 12.4 Å². The number of nitrogens with one attached hydrogen (secondary N) is 2. The van der Waals surface area contributed by atoms with E-state index in [2.05, 4.69) is 10.6 Å². The molecule has 0 bridgehead atoms. The van der Waals surface area contributed by atoms with Gasteiger partial charge in [0, 0.05) is 5.02 Å². The second-order valence-corrected chi connectivity index (χ2v) is 4.39. The fourth-order valence-electron chi connectivity index (χ4n) is 0.983. The number of amides is 1. The molecule has 0 spiro atoms. The lowest BCUT2D eigenvalue weighted by Gasteiger charge is -2.22. The fourth-order valence-corrected chi connectivity index (χ4v) is 1.14. The number of benzene rings is 1. The summed E-state index contributed by atoms with van der Waals surface area (Å²) in [6.07, 6.45) is 0. The number of halogens is 2. The van der Waals surface area contributed by atoms with Gasteiger partial charge < -0.3 is 10.6 Å². The Morgan fingerprint density at radius 2 is 2.06 bits per heavy atom. The van der Waals surface area contributed by atoms with Gasteiger partial charge in [0.05, 0.1) is 11.2 Å². The first-order valence-corrected chi connectivity index (χ1v) is 5.20. The highest BCUT2D eigenvalue weighted by atomic mass is 35.5. The van der Waals surface area contributed by atoms with Crippen LogP contribution in [0.5, 0.6) is 0 Å². The van der Waals surface area contributed by atoms with Crippen molar-refractivity contribution in [1.29, 1.82) is 0 Å². The normalized spacial score (nSPS) is 11.3. The Morgan fingerprint density at radius 1 is 1.44 bits per heavy atom. The summed E-state index contributed by atoms with van der Waals surface area (Å²) in [5.74, 6) is -0.857. The van der Waals surface area contributed by atoms with E-state index in [-0.39, 0.29) is 11.6 Å².